The van der Waals surface area contributed by atoms with Crippen LogP contribution in [0.3, 0.4) is 0 Å². The Morgan fingerprint density at radius 1 is 1.18 bits per heavy atom. The minimum atomic E-state index is 0.665. The Morgan fingerprint density at radius 2 is 1.94 bits per heavy atom. The van der Waals surface area contributed by atoms with Crippen molar-refractivity contribution in [2.75, 3.05) is 33.4 Å². The molecule has 0 amide bonds. The van der Waals surface area contributed by atoms with E-state index in [1.54, 1.807) is 7.11 Å². The Labute approximate surface area is 103 Å². The molecule has 0 saturated carbocycles. The molecule has 0 saturated heterocycles. The second-order valence-electron chi connectivity index (χ2n) is 3.63. The second-order valence-corrected chi connectivity index (χ2v) is 3.63. The van der Waals surface area contributed by atoms with Crippen molar-refractivity contribution < 1.29 is 9.47 Å². The smallest absolute Gasteiger partial charge is 0.126 e. The average Bonchev–Trinajstić information content (AvgIpc) is 2.36. The molecule has 0 spiro atoms. The molecule has 17 heavy (non-hydrogen) atoms. The average molecular weight is 235 g/mol. The topological polar surface area (TPSA) is 30.5 Å². The number of hydrogen-bond donors (Lipinski definition) is 1. The number of rotatable bonds is 8. The fourth-order valence-corrected chi connectivity index (χ4v) is 1.46. The molecule has 0 aliphatic carbocycles. The van der Waals surface area contributed by atoms with E-state index in [0.29, 0.717) is 6.61 Å². The third-order valence-corrected chi connectivity index (χ3v) is 2.28. The van der Waals surface area contributed by atoms with Crippen LogP contribution in [0.4, 0.5) is 0 Å². The summed E-state index contributed by atoms with van der Waals surface area (Å²) < 4.78 is 10.7. The van der Waals surface area contributed by atoms with E-state index < -0.39 is 0 Å². The van der Waals surface area contributed by atoms with E-state index >= 15 is 0 Å². The molecule has 3 nitrogen and oxygen atoms in total. The van der Waals surface area contributed by atoms with Gasteiger partial charge >= 0.3 is 0 Å². The normalized spacial score (nSPS) is 10.9. The molecule has 0 heterocycles. The third kappa shape index (κ3) is 5.52. The van der Waals surface area contributed by atoms with Crippen molar-refractivity contribution in [3.63, 3.8) is 0 Å². The maximum Gasteiger partial charge on any atom is 0.126 e. The number of methoxy groups -OCH3 is 1. The number of ether oxygens (including phenoxy) is 2. The summed E-state index contributed by atoms with van der Waals surface area (Å²) in [6.45, 7) is 5.08. The van der Waals surface area contributed by atoms with Crippen molar-refractivity contribution in [3.8, 4) is 5.75 Å². The van der Waals surface area contributed by atoms with E-state index in [-0.39, 0.29) is 0 Å². The largest absolute Gasteiger partial charge is 0.492 e. The molecule has 94 valence electrons. The van der Waals surface area contributed by atoms with Gasteiger partial charge in [0.1, 0.15) is 12.4 Å². The number of nitrogens with one attached hydrogen (secondary N) is 1. The molecule has 0 bridgehead atoms. The summed E-state index contributed by atoms with van der Waals surface area (Å²) in [5, 5.41) is 3.24. The molecule has 0 aliphatic heterocycles. The molecule has 1 aromatic carbocycles. The molecule has 0 unspecified atom stereocenters. The monoisotopic (exact) mass is 235 g/mol. The molecule has 0 aliphatic rings. The maximum absolute atomic E-state index is 5.72. The summed E-state index contributed by atoms with van der Waals surface area (Å²) in [4.78, 5) is 0. The van der Waals surface area contributed by atoms with Crippen LogP contribution in [0.1, 0.15) is 12.5 Å². The number of benzene rings is 1. The molecule has 0 fully saturated rings. The van der Waals surface area contributed by atoms with Gasteiger partial charge in [0.05, 0.1) is 6.61 Å². The lowest BCUT2D eigenvalue weighted by Gasteiger charge is -2.09. The van der Waals surface area contributed by atoms with Gasteiger partial charge in [-0.1, -0.05) is 30.4 Å². The van der Waals surface area contributed by atoms with Gasteiger partial charge in [-0.15, -0.1) is 0 Å². The minimum Gasteiger partial charge on any atom is -0.492 e. The Hall–Kier alpha value is -1.32. The van der Waals surface area contributed by atoms with Gasteiger partial charge in [0.2, 0.25) is 0 Å². The quantitative estimate of drug-likeness (QED) is 0.702. The predicted octanol–water partition coefficient (Wildman–Crippen LogP) is 2.33. The fraction of sp³-hybridized carbons (Fsp3) is 0.429. The van der Waals surface area contributed by atoms with Gasteiger partial charge in [0.15, 0.2) is 0 Å². The number of para-hydroxylation sites is 1. The van der Waals surface area contributed by atoms with Gasteiger partial charge in [0.25, 0.3) is 0 Å². The van der Waals surface area contributed by atoms with Crippen molar-refractivity contribution in [3.05, 3.63) is 35.9 Å². The lowest BCUT2D eigenvalue weighted by atomic mass is 10.2. The van der Waals surface area contributed by atoms with Gasteiger partial charge in [-0.25, -0.2) is 0 Å². The molecule has 0 aromatic heterocycles. The minimum absolute atomic E-state index is 0.665. The summed E-state index contributed by atoms with van der Waals surface area (Å²) in [6.07, 6.45) is 4.06. The SMILES string of the molecule is C/C=C/c1ccccc1OCCNCCOC. The lowest BCUT2D eigenvalue weighted by molar-refractivity contribution is 0.196. The van der Waals surface area contributed by atoms with Gasteiger partial charge in [-0.2, -0.15) is 0 Å². The standard InChI is InChI=1S/C14H21NO2/c1-3-6-13-7-4-5-8-14(13)17-12-10-15-9-11-16-2/h3-8,15H,9-12H2,1-2H3/b6-3+. The van der Waals surface area contributed by atoms with Crippen LogP contribution in [0.25, 0.3) is 6.08 Å². The summed E-state index contributed by atoms with van der Waals surface area (Å²) in [5.41, 5.74) is 1.12. The summed E-state index contributed by atoms with van der Waals surface area (Å²) in [7, 11) is 1.70. The first-order valence-corrected chi connectivity index (χ1v) is 5.92. The first kappa shape index (κ1) is 13.7. The number of hydrogen-bond acceptors (Lipinski definition) is 3. The van der Waals surface area contributed by atoms with E-state index in [0.717, 1.165) is 31.0 Å². The number of allylic oxidation sites excluding steroid dienone is 1. The molecule has 1 rings (SSSR count). The maximum atomic E-state index is 5.72. The van der Waals surface area contributed by atoms with Crippen molar-refractivity contribution in [1.29, 1.82) is 0 Å². The molecule has 3 heteroatoms. The third-order valence-electron chi connectivity index (χ3n) is 2.28. The first-order valence-electron chi connectivity index (χ1n) is 5.92. The van der Waals surface area contributed by atoms with Crippen LogP contribution in [-0.4, -0.2) is 33.4 Å². The molecular weight excluding hydrogens is 214 g/mol. The van der Waals surface area contributed by atoms with E-state index in [1.165, 1.54) is 0 Å². The van der Waals surface area contributed by atoms with Gasteiger partial charge < -0.3 is 14.8 Å². The zero-order chi connectivity index (χ0) is 12.3. The fourth-order valence-electron chi connectivity index (χ4n) is 1.46. The Balaban J connectivity index is 2.31. The second kappa shape index (κ2) is 8.79. The molecular formula is C14H21NO2. The van der Waals surface area contributed by atoms with Crippen molar-refractivity contribution in [2.45, 2.75) is 6.92 Å². The van der Waals surface area contributed by atoms with Crippen molar-refractivity contribution >= 4 is 6.08 Å². The van der Waals surface area contributed by atoms with Crippen LogP contribution in [0.5, 0.6) is 5.75 Å². The first-order chi connectivity index (χ1) is 8.38. The van der Waals surface area contributed by atoms with Crippen LogP contribution in [0.15, 0.2) is 30.3 Å². The predicted molar refractivity (Wildman–Crippen MR) is 71.4 cm³/mol. The van der Waals surface area contributed by atoms with E-state index in [2.05, 4.69) is 5.32 Å². The highest BCUT2D eigenvalue weighted by molar-refractivity contribution is 5.56. The highest BCUT2D eigenvalue weighted by atomic mass is 16.5. The van der Waals surface area contributed by atoms with Crippen LogP contribution in [0, 0.1) is 0 Å². The Kier molecular flexibility index (Phi) is 7.11. The van der Waals surface area contributed by atoms with Crippen molar-refractivity contribution in [2.24, 2.45) is 0 Å². The zero-order valence-electron chi connectivity index (χ0n) is 10.6. The van der Waals surface area contributed by atoms with Gasteiger partial charge in [-0.05, 0) is 13.0 Å². The van der Waals surface area contributed by atoms with E-state index in [9.17, 15) is 0 Å². The zero-order valence-corrected chi connectivity index (χ0v) is 10.6. The summed E-state index contributed by atoms with van der Waals surface area (Å²) in [6, 6.07) is 8.04. The highest BCUT2D eigenvalue weighted by Crippen LogP contribution is 2.18. The van der Waals surface area contributed by atoms with Gasteiger partial charge in [-0.3, -0.25) is 0 Å². The Morgan fingerprint density at radius 3 is 2.71 bits per heavy atom. The summed E-state index contributed by atoms with van der Waals surface area (Å²) >= 11 is 0. The van der Waals surface area contributed by atoms with E-state index in [1.807, 2.05) is 43.3 Å². The molecule has 1 aromatic rings. The highest BCUT2D eigenvalue weighted by Gasteiger charge is 1.98. The summed E-state index contributed by atoms with van der Waals surface area (Å²) in [5.74, 6) is 0.930. The lowest BCUT2D eigenvalue weighted by Crippen LogP contribution is -2.24. The van der Waals surface area contributed by atoms with Crippen molar-refractivity contribution in [1.82, 2.24) is 5.32 Å². The van der Waals surface area contributed by atoms with Crippen LogP contribution >= 0.6 is 0 Å². The van der Waals surface area contributed by atoms with Crippen LogP contribution in [-0.2, 0) is 4.74 Å². The van der Waals surface area contributed by atoms with E-state index in [4.69, 9.17) is 9.47 Å². The van der Waals surface area contributed by atoms with Crippen LogP contribution in [0.2, 0.25) is 0 Å². The van der Waals surface area contributed by atoms with Crippen LogP contribution < -0.4 is 10.1 Å². The Bertz CT molecular complexity index is 337. The molecule has 0 atom stereocenters. The van der Waals surface area contributed by atoms with Gasteiger partial charge in [0, 0.05) is 25.8 Å². The molecule has 0 radical (unpaired) electrons. The molecule has 1 N–H and O–H groups in total.